The maximum Gasteiger partial charge on any atom is 0.240 e. The lowest BCUT2D eigenvalue weighted by atomic mass is 10.4. The maximum atomic E-state index is 12.8. The molecule has 0 aliphatic heterocycles. The quantitative estimate of drug-likeness (QED) is 0.629. The van der Waals surface area contributed by atoms with Gasteiger partial charge >= 0.3 is 0 Å². The van der Waals surface area contributed by atoms with E-state index in [0.29, 0.717) is 0 Å². The van der Waals surface area contributed by atoms with Crippen LogP contribution in [0, 0.1) is 11.6 Å². The van der Waals surface area contributed by atoms with Crippen LogP contribution in [0.3, 0.4) is 0 Å². The number of hydrogen-bond donors (Lipinski definition) is 1. The first-order chi connectivity index (χ1) is 5.66. The lowest BCUT2D eigenvalue weighted by Crippen LogP contribution is -1.92. The molecule has 0 atom stereocenters. The first-order valence-electron chi connectivity index (χ1n) is 3.14. The second-order valence-corrected chi connectivity index (χ2v) is 2.24. The smallest absolute Gasteiger partial charge is 0.240 e. The molecule has 0 aliphatic carbocycles. The molecule has 62 valence electrons. The van der Waals surface area contributed by atoms with Crippen molar-refractivity contribution in [3.63, 3.8) is 0 Å². The van der Waals surface area contributed by atoms with Crippen molar-refractivity contribution in [3.8, 4) is 0 Å². The monoisotopic (exact) mass is 170 g/mol. The second-order valence-electron chi connectivity index (χ2n) is 2.24. The molecule has 0 saturated carbocycles. The minimum atomic E-state index is -0.779. The van der Waals surface area contributed by atoms with E-state index < -0.39 is 11.6 Å². The molecule has 0 bridgehead atoms. The Morgan fingerprint density at radius 3 is 2.92 bits per heavy atom. The standard InChI is InChI=1S/C6H4F2N4/c7-3-1-4(8)5-10-6(9)11-12(5)2-3/h1-2H,(H2,9,11). The van der Waals surface area contributed by atoms with Crippen molar-refractivity contribution in [2.24, 2.45) is 0 Å². The number of nitrogens with two attached hydrogens (primary N) is 1. The first kappa shape index (κ1) is 6.96. The fourth-order valence-electron chi connectivity index (χ4n) is 0.932. The van der Waals surface area contributed by atoms with E-state index in [9.17, 15) is 8.78 Å². The zero-order chi connectivity index (χ0) is 8.72. The number of fused-ring (bicyclic) bond motifs is 1. The summed E-state index contributed by atoms with van der Waals surface area (Å²) in [5.74, 6) is -1.58. The number of nitrogens with zero attached hydrogens (tertiary/aromatic N) is 3. The topological polar surface area (TPSA) is 56.2 Å². The van der Waals surface area contributed by atoms with Crippen LogP contribution in [-0.2, 0) is 0 Å². The predicted octanol–water partition coefficient (Wildman–Crippen LogP) is 0.590. The second kappa shape index (κ2) is 2.13. The SMILES string of the molecule is Nc1nc2c(F)cc(F)cn2n1. The normalized spacial score (nSPS) is 10.8. The van der Waals surface area contributed by atoms with Gasteiger partial charge in [0.25, 0.3) is 0 Å². The molecule has 2 aromatic heterocycles. The lowest BCUT2D eigenvalue weighted by Gasteiger charge is -1.91. The third kappa shape index (κ3) is 0.884. The van der Waals surface area contributed by atoms with Crippen LogP contribution in [0.15, 0.2) is 12.3 Å². The summed E-state index contributed by atoms with van der Waals surface area (Å²) in [7, 11) is 0. The van der Waals surface area contributed by atoms with Gasteiger partial charge in [0.15, 0.2) is 11.5 Å². The number of aromatic nitrogens is 3. The number of pyridine rings is 1. The van der Waals surface area contributed by atoms with Crippen molar-refractivity contribution >= 4 is 11.6 Å². The molecule has 6 heteroatoms. The molecule has 2 heterocycles. The molecule has 4 nitrogen and oxygen atoms in total. The zero-order valence-corrected chi connectivity index (χ0v) is 5.83. The fourth-order valence-corrected chi connectivity index (χ4v) is 0.932. The Morgan fingerprint density at radius 1 is 1.42 bits per heavy atom. The minimum Gasteiger partial charge on any atom is -0.366 e. The third-order valence-corrected chi connectivity index (χ3v) is 1.37. The highest BCUT2D eigenvalue weighted by Gasteiger charge is 2.07. The number of halogens is 2. The van der Waals surface area contributed by atoms with E-state index in [4.69, 9.17) is 5.73 Å². The highest BCUT2D eigenvalue weighted by atomic mass is 19.1. The van der Waals surface area contributed by atoms with E-state index in [1.54, 1.807) is 0 Å². The van der Waals surface area contributed by atoms with Crippen LogP contribution in [-0.4, -0.2) is 14.6 Å². The maximum absolute atomic E-state index is 12.8. The molecule has 0 saturated heterocycles. The number of nitrogen functional groups attached to an aromatic ring is 1. The van der Waals surface area contributed by atoms with Crippen LogP contribution in [0.5, 0.6) is 0 Å². The molecular formula is C6H4F2N4. The number of hydrogen-bond acceptors (Lipinski definition) is 3. The van der Waals surface area contributed by atoms with Gasteiger partial charge in [0.1, 0.15) is 5.82 Å². The van der Waals surface area contributed by atoms with Crippen LogP contribution in [0.2, 0.25) is 0 Å². The van der Waals surface area contributed by atoms with Crippen molar-refractivity contribution in [3.05, 3.63) is 23.9 Å². The van der Waals surface area contributed by atoms with E-state index in [0.717, 1.165) is 16.8 Å². The average Bonchev–Trinajstić information content (AvgIpc) is 2.29. The van der Waals surface area contributed by atoms with Gasteiger partial charge in [0.05, 0.1) is 6.20 Å². The van der Waals surface area contributed by atoms with Gasteiger partial charge in [-0.05, 0) is 0 Å². The molecule has 0 radical (unpaired) electrons. The molecule has 0 spiro atoms. The summed E-state index contributed by atoms with van der Waals surface area (Å²) < 4.78 is 26.3. The average molecular weight is 170 g/mol. The van der Waals surface area contributed by atoms with Crippen LogP contribution in [0.1, 0.15) is 0 Å². The van der Waals surface area contributed by atoms with Gasteiger partial charge in [-0.25, -0.2) is 13.3 Å². The molecule has 12 heavy (non-hydrogen) atoms. The van der Waals surface area contributed by atoms with Gasteiger partial charge < -0.3 is 5.73 Å². The summed E-state index contributed by atoms with van der Waals surface area (Å²) in [4.78, 5) is 3.54. The zero-order valence-electron chi connectivity index (χ0n) is 5.83. The molecule has 0 unspecified atom stereocenters. The predicted molar refractivity (Wildman–Crippen MR) is 37.3 cm³/mol. The molecule has 0 aromatic carbocycles. The number of anilines is 1. The first-order valence-corrected chi connectivity index (χ1v) is 3.14. The van der Waals surface area contributed by atoms with Crippen LogP contribution in [0.4, 0.5) is 14.7 Å². The van der Waals surface area contributed by atoms with Gasteiger partial charge in [0.2, 0.25) is 5.95 Å². The summed E-state index contributed by atoms with van der Waals surface area (Å²) in [6, 6.07) is 0.726. The van der Waals surface area contributed by atoms with Gasteiger partial charge in [0, 0.05) is 6.07 Å². The largest absolute Gasteiger partial charge is 0.366 e. The van der Waals surface area contributed by atoms with E-state index in [2.05, 4.69) is 10.1 Å². The highest BCUT2D eigenvalue weighted by molar-refractivity contribution is 5.42. The minimum absolute atomic E-state index is 0.0751. The van der Waals surface area contributed by atoms with Crippen molar-refractivity contribution in [1.29, 1.82) is 0 Å². The van der Waals surface area contributed by atoms with Crippen molar-refractivity contribution in [1.82, 2.24) is 14.6 Å². The number of rotatable bonds is 0. The molecule has 2 rings (SSSR count). The summed E-state index contributed by atoms with van der Waals surface area (Å²) in [6.45, 7) is 0. The van der Waals surface area contributed by atoms with Gasteiger partial charge in [-0.2, -0.15) is 4.98 Å². The Morgan fingerprint density at radius 2 is 2.17 bits per heavy atom. The lowest BCUT2D eigenvalue weighted by molar-refractivity contribution is 0.572. The van der Waals surface area contributed by atoms with Crippen molar-refractivity contribution in [2.75, 3.05) is 5.73 Å². The summed E-state index contributed by atoms with van der Waals surface area (Å²) in [6.07, 6.45) is 1.00. The van der Waals surface area contributed by atoms with Crippen LogP contribution >= 0.6 is 0 Å². The molecule has 0 aliphatic rings. The Labute approximate surface area is 65.6 Å². The van der Waals surface area contributed by atoms with Crippen LogP contribution < -0.4 is 5.73 Å². The molecule has 0 fully saturated rings. The summed E-state index contributed by atoms with van der Waals surface area (Å²) >= 11 is 0. The fraction of sp³-hybridized carbons (Fsp3) is 0. The van der Waals surface area contributed by atoms with E-state index in [1.807, 2.05) is 0 Å². The summed E-state index contributed by atoms with van der Waals surface area (Å²) in [5, 5.41) is 3.54. The van der Waals surface area contributed by atoms with E-state index in [1.165, 1.54) is 0 Å². The molecule has 2 aromatic rings. The Balaban J connectivity index is 2.88. The Hall–Kier alpha value is -1.72. The van der Waals surface area contributed by atoms with Crippen LogP contribution in [0.25, 0.3) is 5.65 Å². The third-order valence-electron chi connectivity index (χ3n) is 1.37. The van der Waals surface area contributed by atoms with Gasteiger partial charge in [-0.15, -0.1) is 5.10 Å². The molecular weight excluding hydrogens is 166 g/mol. The molecule has 0 amide bonds. The van der Waals surface area contributed by atoms with Crippen molar-refractivity contribution < 1.29 is 8.78 Å². The summed E-state index contributed by atoms with van der Waals surface area (Å²) in [5.41, 5.74) is 5.10. The van der Waals surface area contributed by atoms with Gasteiger partial charge in [-0.1, -0.05) is 0 Å². The molecule has 2 N–H and O–H groups in total. The van der Waals surface area contributed by atoms with E-state index >= 15 is 0 Å². The van der Waals surface area contributed by atoms with Gasteiger partial charge in [-0.3, -0.25) is 0 Å². The Kier molecular flexibility index (Phi) is 1.24. The Bertz CT molecular complexity index is 436. The highest BCUT2D eigenvalue weighted by Crippen LogP contribution is 2.09. The van der Waals surface area contributed by atoms with E-state index in [-0.39, 0.29) is 11.6 Å². The van der Waals surface area contributed by atoms with Crippen molar-refractivity contribution in [2.45, 2.75) is 0 Å².